The van der Waals surface area contributed by atoms with Gasteiger partial charge in [0.15, 0.2) is 0 Å². The Balaban J connectivity index is 1.47. The third-order valence-corrected chi connectivity index (χ3v) is 6.18. The van der Waals surface area contributed by atoms with E-state index < -0.39 is 17.9 Å². The third-order valence-electron chi connectivity index (χ3n) is 6.18. The van der Waals surface area contributed by atoms with Crippen LogP contribution in [0.3, 0.4) is 0 Å². The van der Waals surface area contributed by atoms with Gasteiger partial charge in [0.1, 0.15) is 17.9 Å². The minimum absolute atomic E-state index is 0.105. The van der Waals surface area contributed by atoms with Gasteiger partial charge in [0.2, 0.25) is 11.8 Å². The van der Waals surface area contributed by atoms with Crippen LogP contribution in [0.2, 0.25) is 0 Å². The van der Waals surface area contributed by atoms with Gasteiger partial charge in [0, 0.05) is 32.0 Å². The number of nitrogens with zero attached hydrogens (tertiary/aromatic N) is 3. The molecule has 8 heteroatoms. The second kappa shape index (κ2) is 9.93. The van der Waals surface area contributed by atoms with Crippen LogP contribution in [-0.2, 0) is 9.59 Å². The summed E-state index contributed by atoms with van der Waals surface area (Å²) < 4.78 is 6.01. The van der Waals surface area contributed by atoms with Gasteiger partial charge in [-0.1, -0.05) is 36.4 Å². The topological polar surface area (TPSA) is 95.0 Å². The Morgan fingerprint density at radius 2 is 1.91 bits per heavy atom. The molecule has 0 aliphatic carbocycles. The van der Waals surface area contributed by atoms with E-state index in [0.717, 1.165) is 6.42 Å². The van der Waals surface area contributed by atoms with Crippen LogP contribution in [0.1, 0.15) is 18.4 Å². The average molecular weight is 437 g/mol. The van der Waals surface area contributed by atoms with Gasteiger partial charge in [-0.25, -0.2) is 5.48 Å². The first-order valence-electron chi connectivity index (χ1n) is 10.8. The van der Waals surface area contributed by atoms with Crippen LogP contribution >= 0.6 is 0 Å². The summed E-state index contributed by atoms with van der Waals surface area (Å²) in [6, 6.07) is 13.0. The van der Waals surface area contributed by atoms with Crippen molar-refractivity contribution in [1.82, 2.24) is 20.3 Å². The average Bonchev–Trinajstić information content (AvgIpc) is 2.84. The van der Waals surface area contributed by atoms with E-state index in [1.165, 1.54) is 11.1 Å². The molecule has 0 radical (unpaired) electrons. The molecule has 1 aromatic carbocycles. The molecule has 0 spiro atoms. The lowest BCUT2D eigenvalue weighted by molar-refractivity contribution is -0.151. The monoisotopic (exact) mass is 436 g/mol. The van der Waals surface area contributed by atoms with Crippen molar-refractivity contribution in [3.05, 3.63) is 66.5 Å². The largest absolute Gasteiger partial charge is 0.489 e. The molecule has 168 valence electrons. The van der Waals surface area contributed by atoms with Crippen molar-refractivity contribution in [2.75, 3.05) is 26.7 Å². The van der Waals surface area contributed by atoms with Crippen LogP contribution in [0.5, 0.6) is 5.75 Å². The Bertz CT molecular complexity index is 966. The summed E-state index contributed by atoms with van der Waals surface area (Å²) in [6.45, 7) is 1.58. The molecule has 8 nitrogen and oxygen atoms in total. The number of carbonyl (C=O) groups is 2. The van der Waals surface area contributed by atoms with Crippen LogP contribution in [-0.4, -0.2) is 70.6 Å². The summed E-state index contributed by atoms with van der Waals surface area (Å²) >= 11 is 0. The number of rotatable bonds is 5. The lowest BCUT2D eigenvalue weighted by atomic mass is 9.86. The summed E-state index contributed by atoms with van der Waals surface area (Å²) in [6.07, 6.45) is 6.15. The molecule has 1 fully saturated rings. The third kappa shape index (κ3) is 4.81. The van der Waals surface area contributed by atoms with Crippen molar-refractivity contribution in [2.45, 2.75) is 25.0 Å². The van der Waals surface area contributed by atoms with E-state index in [1.54, 1.807) is 34.9 Å². The minimum atomic E-state index is -0.724. The molecule has 32 heavy (non-hydrogen) atoms. The van der Waals surface area contributed by atoms with E-state index >= 15 is 0 Å². The minimum Gasteiger partial charge on any atom is -0.489 e. The first-order valence-corrected chi connectivity index (χ1v) is 10.8. The number of likely N-dealkylation sites (N-methyl/N-ethyl adjacent to an activating group) is 1. The number of hydrogen-bond donors (Lipinski definition) is 2. The number of hydrogen-bond acceptors (Lipinski definition) is 6. The highest BCUT2D eigenvalue weighted by Crippen LogP contribution is 2.29. The molecule has 3 atom stereocenters. The fourth-order valence-corrected chi connectivity index (χ4v) is 4.59. The molecule has 1 saturated heterocycles. The Morgan fingerprint density at radius 1 is 1.16 bits per heavy atom. The maximum atomic E-state index is 13.4. The predicted molar refractivity (Wildman–Crippen MR) is 119 cm³/mol. The van der Waals surface area contributed by atoms with E-state index in [1.807, 2.05) is 30.1 Å². The highest BCUT2D eigenvalue weighted by atomic mass is 16.5. The van der Waals surface area contributed by atoms with E-state index in [4.69, 9.17) is 4.74 Å². The summed E-state index contributed by atoms with van der Waals surface area (Å²) in [5, 5.41) is 9.32. The lowest BCUT2D eigenvalue weighted by Crippen LogP contribution is -2.60. The molecule has 1 aromatic heterocycles. The molecule has 2 aliphatic heterocycles. The van der Waals surface area contributed by atoms with E-state index in [2.05, 4.69) is 23.2 Å². The zero-order valence-corrected chi connectivity index (χ0v) is 18.1. The summed E-state index contributed by atoms with van der Waals surface area (Å²) in [5.74, 6) is -0.749. The summed E-state index contributed by atoms with van der Waals surface area (Å²) in [7, 11) is 1.82. The van der Waals surface area contributed by atoms with Crippen LogP contribution in [0.4, 0.5) is 0 Å². The SMILES string of the molecule is CN1CC(Oc2ccncc2)CC(C(=O)NO)C1C(=O)N1CC=C(c2ccccc2)CC1. The predicted octanol–water partition coefficient (Wildman–Crippen LogP) is 1.97. The zero-order chi connectivity index (χ0) is 22.5. The van der Waals surface area contributed by atoms with Crippen LogP contribution in [0.25, 0.3) is 5.57 Å². The van der Waals surface area contributed by atoms with Gasteiger partial charge in [-0.2, -0.15) is 0 Å². The fraction of sp³-hybridized carbons (Fsp3) is 0.375. The molecule has 2 aliphatic rings. The number of benzene rings is 1. The summed E-state index contributed by atoms with van der Waals surface area (Å²) in [5.41, 5.74) is 4.14. The number of ether oxygens (including phenoxy) is 1. The van der Waals surface area contributed by atoms with Crippen LogP contribution < -0.4 is 10.2 Å². The second-order valence-electron chi connectivity index (χ2n) is 8.26. The van der Waals surface area contributed by atoms with Crippen molar-refractivity contribution in [1.29, 1.82) is 0 Å². The van der Waals surface area contributed by atoms with Crippen molar-refractivity contribution in [2.24, 2.45) is 5.92 Å². The van der Waals surface area contributed by atoms with Gasteiger partial charge in [-0.15, -0.1) is 0 Å². The second-order valence-corrected chi connectivity index (χ2v) is 8.26. The Hall–Kier alpha value is -3.23. The molecule has 2 aromatic rings. The molecular weight excluding hydrogens is 408 g/mol. The van der Waals surface area contributed by atoms with E-state index in [0.29, 0.717) is 31.8 Å². The number of aromatic nitrogens is 1. The zero-order valence-electron chi connectivity index (χ0n) is 18.1. The van der Waals surface area contributed by atoms with E-state index in [-0.39, 0.29) is 12.0 Å². The highest BCUT2D eigenvalue weighted by Gasteiger charge is 2.45. The Morgan fingerprint density at radius 3 is 2.56 bits per heavy atom. The number of carbonyl (C=O) groups excluding carboxylic acids is 2. The normalized spacial score (nSPS) is 23.9. The molecule has 2 N–H and O–H groups in total. The van der Waals surface area contributed by atoms with Crippen molar-refractivity contribution in [3.63, 3.8) is 0 Å². The number of amides is 2. The molecule has 0 saturated carbocycles. The molecule has 2 amide bonds. The number of piperidine rings is 1. The summed E-state index contributed by atoms with van der Waals surface area (Å²) in [4.78, 5) is 33.6. The number of likely N-dealkylation sites (tertiary alicyclic amines) is 1. The van der Waals surface area contributed by atoms with Crippen molar-refractivity contribution >= 4 is 17.4 Å². The molecule has 3 heterocycles. The molecule has 0 bridgehead atoms. The number of pyridine rings is 1. The van der Waals surface area contributed by atoms with Gasteiger partial charge in [-0.3, -0.25) is 24.7 Å². The molecular formula is C24H28N4O4. The van der Waals surface area contributed by atoms with Crippen LogP contribution in [0, 0.1) is 5.92 Å². The molecule has 4 rings (SSSR count). The first-order chi connectivity index (χ1) is 15.6. The number of hydroxylamine groups is 1. The van der Waals surface area contributed by atoms with E-state index in [9.17, 15) is 14.8 Å². The maximum absolute atomic E-state index is 13.4. The standard InChI is InChI=1S/C24H28N4O4/c1-27-16-20(32-19-7-11-25-12-8-19)15-21(23(29)26-31)22(27)24(30)28-13-9-18(10-14-28)17-5-3-2-4-6-17/h2-9,11-12,20-22,31H,10,13-16H2,1H3,(H,26,29). The van der Waals surface area contributed by atoms with Gasteiger partial charge < -0.3 is 9.64 Å². The smallest absolute Gasteiger partial charge is 0.248 e. The number of nitrogens with one attached hydrogen (secondary N) is 1. The van der Waals surface area contributed by atoms with Crippen molar-refractivity contribution in [3.8, 4) is 5.75 Å². The van der Waals surface area contributed by atoms with Gasteiger partial charge in [-0.05, 0) is 43.2 Å². The van der Waals surface area contributed by atoms with Crippen LogP contribution in [0.15, 0.2) is 60.9 Å². The van der Waals surface area contributed by atoms with Gasteiger partial charge >= 0.3 is 0 Å². The fourth-order valence-electron chi connectivity index (χ4n) is 4.59. The Labute approximate surface area is 187 Å². The maximum Gasteiger partial charge on any atom is 0.248 e. The molecule has 3 unspecified atom stereocenters. The Kier molecular flexibility index (Phi) is 6.82. The lowest BCUT2D eigenvalue weighted by Gasteiger charge is -2.43. The van der Waals surface area contributed by atoms with Gasteiger partial charge in [0.05, 0.1) is 5.92 Å². The quantitative estimate of drug-likeness (QED) is 0.550. The first kappa shape index (κ1) is 22.0. The van der Waals surface area contributed by atoms with Gasteiger partial charge in [0.25, 0.3) is 0 Å². The van der Waals surface area contributed by atoms with Crippen molar-refractivity contribution < 1.29 is 19.5 Å². The highest BCUT2D eigenvalue weighted by molar-refractivity contribution is 5.90.